The molecule has 0 saturated heterocycles. The first-order valence-corrected chi connectivity index (χ1v) is 7.59. The number of aryl methyl sites for hydroxylation is 2. The van der Waals surface area contributed by atoms with Gasteiger partial charge >= 0.3 is 0 Å². The van der Waals surface area contributed by atoms with E-state index in [0.29, 0.717) is 16.7 Å². The molecule has 1 saturated carbocycles. The van der Waals surface area contributed by atoms with Gasteiger partial charge in [0.05, 0.1) is 10.7 Å². The Bertz CT molecular complexity index is 688. The average Bonchev–Trinajstić information content (AvgIpc) is 3.29. The van der Waals surface area contributed by atoms with Crippen LogP contribution in [0.2, 0.25) is 5.02 Å². The Morgan fingerprint density at radius 1 is 1.18 bits per heavy atom. The van der Waals surface area contributed by atoms with Gasteiger partial charge in [-0.3, -0.25) is 4.79 Å². The topological polar surface area (TPSA) is 66.9 Å². The van der Waals surface area contributed by atoms with Crippen LogP contribution in [0.3, 0.4) is 0 Å². The second-order valence-electron chi connectivity index (χ2n) is 5.63. The minimum atomic E-state index is 0.0208. The maximum absolute atomic E-state index is 11.7. The molecule has 1 amide bonds. The normalized spacial score (nSPS) is 13.8. The lowest BCUT2D eigenvalue weighted by Gasteiger charge is -2.12. The summed E-state index contributed by atoms with van der Waals surface area (Å²) in [6.07, 6.45) is 1.92. The van der Waals surface area contributed by atoms with Crippen LogP contribution in [0.15, 0.2) is 24.3 Å². The monoisotopic (exact) mass is 316 g/mol. The second-order valence-corrected chi connectivity index (χ2v) is 6.04. The van der Waals surface area contributed by atoms with E-state index < -0.39 is 0 Å². The highest BCUT2D eigenvalue weighted by atomic mass is 35.5. The van der Waals surface area contributed by atoms with Gasteiger partial charge in [0.2, 0.25) is 5.91 Å². The van der Waals surface area contributed by atoms with Crippen LogP contribution in [-0.4, -0.2) is 16.1 Å². The first-order chi connectivity index (χ1) is 10.5. The van der Waals surface area contributed by atoms with Crippen molar-refractivity contribution in [3.8, 4) is 0 Å². The predicted molar refractivity (Wildman–Crippen MR) is 87.6 cm³/mol. The number of benzene rings is 1. The Morgan fingerprint density at radius 2 is 1.86 bits per heavy atom. The number of amides is 1. The maximum atomic E-state index is 11.7. The van der Waals surface area contributed by atoms with Gasteiger partial charge in [-0.15, -0.1) is 10.2 Å². The summed E-state index contributed by atoms with van der Waals surface area (Å²) in [5.74, 6) is 1.22. The van der Waals surface area contributed by atoms with Crippen LogP contribution in [-0.2, 0) is 4.79 Å². The Kier molecular flexibility index (Phi) is 3.98. The zero-order valence-corrected chi connectivity index (χ0v) is 13.2. The lowest BCUT2D eigenvalue weighted by molar-refractivity contribution is -0.117. The first-order valence-electron chi connectivity index (χ1n) is 7.21. The summed E-state index contributed by atoms with van der Waals surface area (Å²) in [5.41, 5.74) is 2.96. The molecule has 1 heterocycles. The molecule has 0 aliphatic heterocycles. The number of anilines is 3. The number of carbonyl (C=O) groups excluding carboxylic acids is 1. The second kappa shape index (κ2) is 5.93. The van der Waals surface area contributed by atoms with Gasteiger partial charge in [-0.1, -0.05) is 17.7 Å². The van der Waals surface area contributed by atoms with Crippen LogP contribution < -0.4 is 10.6 Å². The van der Waals surface area contributed by atoms with Gasteiger partial charge in [0.15, 0.2) is 11.6 Å². The van der Waals surface area contributed by atoms with E-state index in [1.807, 2.05) is 26.0 Å². The number of carbonyl (C=O) groups is 1. The molecule has 1 aromatic carbocycles. The molecule has 1 aliphatic rings. The number of rotatable bonds is 4. The zero-order chi connectivity index (χ0) is 15.7. The molecule has 5 nitrogen and oxygen atoms in total. The Morgan fingerprint density at radius 3 is 2.45 bits per heavy atom. The molecule has 2 N–H and O–H groups in total. The highest BCUT2D eigenvalue weighted by molar-refractivity contribution is 6.33. The third kappa shape index (κ3) is 3.36. The molecule has 1 fully saturated rings. The molecule has 0 unspecified atom stereocenters. The zero-order valence-electron chi connectivity index (χ0n) is 12.5. The third-order valence-corrected chi connectivity index (χ3v) is 3.85. The lowest BCUT2D eigenvalue weighted by atomic mass is 10.1. The van der Waals surface area contributed by atoms with Crippen LogP contribution >= 0.6 is 11.6 Å². The molecule has 0 atom stereocenters. The van der Waals surface area contributed by atoms with E-state index in [9.17, 15) is 4.79 Å². The molecule has 0 spiro atoms. The standard InChI is InChI=1S/C16H17ClN4O/c1-9-7-10(2)15(12(17)8-9)18-13-5-6-14(21-20-13)19-16(22)11-3-4-11/h5-8,11H,3-4H2,1-2H3,(H,18,20)(H,19,21,22). The molecular formula is C16H17ClN4O. The number of hydrogen-bond acceptors (Lipinski definition) is 4. The van der Waals surface area contributed by atoms with Crippen molar-refractivity contribution in [2.24, 2.45) is 5.92 Å². The summed E-state index contributed by atoms with van der Waals surface area (Å²) in [4.78, 5) is 11.7. The lowest BCUT2D eigenvalue weighted by Crippen LogP contribution is -2.14. The number of nitrogens with zero attached hydrogens (tertiary/aromatic N) is 2. The molecule has 22 heavy (non-hydrogen) atoms. The van der Waals surface area contributed by atoms with Crippen molar-refractivity contribution >= 4 is 34.8 Å². The minimum Gasteiger partial charge on any atom is -0.337 e. The van der Waals surface area contributed by atoms with Gasteiger partial charge < -0.3 is 10.6 Å². The predicted octanol–water partition coefficient (Wildman–Crippen LogP) is 3.84. The average molecular weight is 317 g/mol. The Labute approximate surface area is 134 Å². The van der Waals surface area contributed by atoms with Gasteiger partial charge in [0, 0.05) is 5.92 Å². The van der Waals surface area contributed by atoms with E-state index in [2.05, 4.69) is 20.8 Å². The van der Waals surface area contributed by atoms with Crippen molar-refractivity contribution in [2.75, 3.05) is 10.6 Å². The van der Waals surface area contributed by atoms with Gasteiger partial charge in [-0.2, -0.15) is 0 Å². The van der Waals surface area contributed by atoms with Crippen molar-refractivity contribution in [3.05, 3.63) is 40.4 Å². The number of halogens is 1. The Balaban J connectivity index is 1.72. The highest BCUT2D eigenvalue weighted by Crippen LogP contribution is 2.31. The molecule has 6 heteroatoms. The van der Waals surface area contributed by atoms with E-state index >= 15 is 0 Å². The summed E-state index contributed by atoms with van der Waals surface area (Å²) in [5, 5.41) is 14.7. The molecule has 0 radical (unpaired) electrons. The third-order valence-electron chi connectivity index (χ3n) is 3.55. The van der Waals surface area contributed by atoms with Gasteiger partial charge in [-0.25, -0.2) is 0 Å². The van der Waals surface area contributed by atoms with Crippen LogP contribution in [0.4, 0.5) is 17.3 Å². The van der Waals surface area contributed by atoms with Crippen molar-refractivity contribution < 1.29 is 4.79 Å². The fourth-order valence-corrected chi connectivity index (χ4v) is 2.61. The summed E-state index contributed by atoms with van der Waals surface area (Å²) >= 11 is 6.26. The fourth-order valence-electron chi connectivity index (χ4n) is 2.24. The van der Waals surface area contributed by atoms with Gasteiger partial charge in [0.25, 0.3) is 0 Å². The van der Waals surface area contributed by atoms with Crippen molar-refractivity contribution in [1.29, 1.82) is 0 Å². The van der Waals surface area contributed by atoms with E-state index in [4.69, 9.17) is 11.6 Å². The van der Waals surface area contributed by atoms with Gasteiger partial charge in [-0.05, 0) is 56.0 Å². The molecule has 2 aromatic rings. The first kappa shape index (κ1) is 14.8. The van der Waals surface area contributed by atoms with Crippen molar-refractivity contribution in [1.82, 2.24) is 10.2 Å². The van der Waals surface area contributed by atoms with Crippen molar-refractivity contribution in [3.63, 3.8) is 0 Å². The number of nitrogens with one attached hydrogen (secondary N) is 2. The SMILES string of the molecule is Cc1cc(C)c(Nc2ccc(NC(=O)C3CC3)nn2)c(Cl)c1. The summed E-state index contributed by atoms with van der Waals surface area (Å²) in [6, 6.07) is 7.44. The quantitative estimate of drug-likeness (QED) is 0.899. The van der Waals surface area contributed by atoms with Crippen LogP contribution in [0.1, 0.15) is 24.0 Å². The Hall–Kier alpha value is -2.14. The van der Waals surface area contributed by atoms with Crippen LogP contribution in [0.5, 0.6) is 0 Å². The smallest absolute Gasteiger partial charge is 0.228 e. The summed E-state index contributed by atoms with van der Waals surface area (Å²) < 4.78 is 0. The van der Waals surface area contributed by atoms with E-state index in [1.165, 1.54) is 0 Å². The number of hydrogen-bond donors (Lipinski definition) is 2. The highest BCUT2D eigenvalue weighted by Gasteiger charge is 2.29. The molecular weight excluding hydrogens is 300 g/mol. The largest absolute Gasteiger partial charge is 0.337 e. The van der Waals surface area contributed by atoms with E-state index in [0.717, 1.165) is 29.7 Å². The maximum Gasteiger partial charge on any atom is 0.228 e. The van der Waals surface area contributed by atoms with Crippen molar-refractivity contribution in [2.45, 2.75) is 26.7 Å². The number of aromatic nitrogens is 2. The molecule has 0 bridgehead atoms. The van der Waals surface area contributed by atoms with E-state index in [1.54, 1.807) is 12.1 Å². The van der Waals surface area contributed by atoms with Crippen LogP contribution in [0, 0.1) is 19.8 Å². The molecule has 3 rings (SSSR count). The molecule has 114 valence electrons. The molecule has 1 aromatic heterocycles. The van der Waals surface area contributed by atoms with Crippen LogP contribution in [0.25, 0.3) is 0 Å². The summed E-state index contributed by atoms with van der Waals surface area (Å²) in [7, 11) is 0. The fraction of sp³-hybridized carbons (Fsp3) is 0.312. The minimum absolute atomic E-state index is 0.0208. The molecule has 1 aliphatic carbocycles. The summed E-state index contributed by atoms with van der Waals surface area (Å²) in [6.45, 7) is 3.98. The van der Waals surface area contributed by atoms with Gasteiger partial charge in [0.1, 0.15) is 0 Å². The van der Waals surface area contributed by atoms with E-state index in [-0.39, 0.29) is 11.8 Å².